The minimum absolute atomic E-state index is 0.189. The van der Waals surface area contributed by atoms with Gasteiger partial charge in [-0.25, -0.2) is 9.37 Å². The molecule has 0 spiro atoms. The molecule has 2 aromatic heterocycles. The lowest BCUT2D eigenvalue weighted by Gasteiger charge is -2.12. The van der Waals surface area contributed by atoms with E-state index in [0.29, 0.717) is 11.4 Å². The van der Waals surface area contributed by atoms with Crippen LogP contribution < -0.4 is 5.32 Å². The van der Waals surface area contributed by atoms with Gasteiger partial charge in [0.2, 0.25) is 0 Å². The van der Waals surface area contributed by atoms with Gasteiger partial charge in [-0.1, -0.05) is 24.3 Å². The highest BCUT2D eigenvalue weighted by Gasteiger charge is 2.15. The zero-order valence-corrected chi connectivity index (χ0v) is 14.8. The summed E-state index contributed by atoms with van der Waals surface area (Å²) in [6, 6.07) is 15.8. The third-order valence-electron chi connectivity index (χ3n) is 5.13. The van der Waals surface area contributed by atoms with Crippen LogP contribution in [0.1, 0.15) is 17.7 Å². The number of rotatable bonds is 4. The second kappa shape index (κ2) is 6.67. The van der Waals surface area contributed by atoms with Crippen molar-refractivity contribution < 1.29 is 9.13 Å². The summed E-state index contributed by atoms with van der Waals surface area (Å²) < 4.78 is 19.3. The van der Waals surface area contributed by atoms with Crippen LogP contribution in [-0.2, 0) is 11.2 Å². The fraction of sp³-hybridized carbons (Fsp3) is 0.227. The predicted octanol–water partition coefficient (Wildman–Crippen LogP) is 4.65. The average molecular weight is 361 g/mol. The first-order valence-corrected chi connectivity index (χ1v) is 9.24. The summed E-state index contributed by atoms with van der Waals surface area (Å²) in [6.07, 6.45) is 3.64. The largest absolute Gasteiger partial charge is 0.379 e. The van der Waals surface area contributed by atoms with Crippen LogP contribution in [0, 0.1) is 5.82 Å². The first-order valence-electron chi connectivity index (χ1n) is 9.24. The van der Waals surface area contributed by atoms with E-state index in [9.17, 15) is 4.39 Å². The Morgan fingerprint density at radius 2 is 2.11 bits per heavy atom. The first-order chi connectivity index (χ1) is 13.2. The van der Waals surface area contributed by atoms with Gasteiger partial charge in [0.05, 0.1) is 12.6 Å². The number of anilines is 1. The summed E-state index contributed by atoms with van der Waals surface area (Å²) in [6.45, 7) is 1.54. The Kier molecular flexibility index (Phi) is 4.02. The number of nitrogens with zero attached hydrogens (tertiary/aromatic N) is 1. The number of benzene rings is 2. The number of nitrogens with one attached hydrogen (secondary N) is 2. The molecule has 27 heavy (non-hydrogen) atoms. The molecule has 0 radical (unpaired) electrons. The lowest BCUT2D eigenvalue weighted by molar-refractivity contribution is 0.195. The molecule has 1 unspecified atom stereocenters. The lowest BCUT2D eigenvalue weighted by Crippen LogP contribution is -2.19. The van der Waals surface area contributed by atoms with Gasteiger partial charge in [0.25, 0.3) is 0 Å². The van der Waals surface area contributed by atoms with Crippen molar-refractivity contribution in [3.05, 3.63) is 71.8 Å². The topological polar surface area (TPSA) is 49.9 Å². The van der Waals surface area contributed by atoms with Gasteiger partial charge in [-0.2, -0.15) is 0 Å². The molecule has 1 fully saturated rings. The number of aromatic amines is 1. The van der Waals surface area contributed by atoms with Crippen LogP contribution in [0.2, 0.25) is 0 Å². The Bertz CT molecular complexity index is 1120. The van der Waals surface area contributed by atoms with Crippen LogP contribution in [0.15, 0.2) is 54.7 Å². The van der Waals surface area contributed by atoms with E-state index in [-0.39, 0.29) is 5.82 Å². The molecular formula is C22H20FN3O. The van der Waals surface area contributed by atoms with Crippen LogP contribution >= 0.6 is 0 Å². The smallest absolute Gasteiger partial charge is 0.132 e. The Morgan fingerprint density at radius 3 is 2.96 bits per heavy atom. The summed E-state index contributed by atoms with van der Waals surface area (Å²) in [5, 5.41) is 6.33. The molecule has 1 saturated heterocycles. The van der Waals surface area contributed by atoms with Crippen LogP contribution in [0.4, 0.5) is 10.2 Å². The lowest BCUT2D eigenvalue weighted by atomic mass is 10.0. The van der Waals surface area contributed by atoms with Crippen molar-refractivity contribution in [1.29, 1.82) is 0 Å². The van der Waals surface area contributed by atoms with Gasteiger partial charge in [0.1, 0.15) is 11.6 Å². The Labute approximate surface area is 156 Å². The van der Waals surface area contributed by atoms with Crippen LogP contribution in [-0.4, -0.2) is 29.2 Å². The Hall–Kier alpha value is -2.92. The summed E-state index contributed by atoms with van der Waals surface area (Å²) in [5.74, 6) is 0.689. The molecule has 0 amide bonds. The highest BCUT2D eigenvalue weighted by Crippen LogP contribution is 2.24. The van der Waals surface area contributed by atoms with E-state index < -0.39 is 0 Å². The minimum Gasteiger partial charge on any atom is -0.379 e. The van der Waals surface area contributed by atoms with Gasteiger partial charge in [0.15, 0.2) is 0 Å². The second-order valence-corrected chi connectivity index (χ2v) is 7.13. The van der Waals surface area contributed by atoms with Crippen molar-refractivity contribution in [3.8, 4) is 0 Å². The molecule has 5 rings (SSSR count). The fourth-order valence-corrected chi connectivity index (χ4v) is 3.73. The first kappa shape index (κ1) is 16.3. The van der Waals surface area contributed by atoms with Crippen LogP contribution in [0.5, 0.6) is 0 Å². The molecular weight excluding hydrogens is 341 g/mol. The number of fused-ring (bicyclic) bond motifs is 2. The van der Waals surface area contributed by atoms with Gasteiger partial charge < -0.3 is 15.0 Å². The van der Waals surface area contributed by atoms with Gasteiger partial charge >= 0.3 is 0 Å². The van der Waals surface area contributed by atoms with Gasteiger partial charge in [0, 0.05) is 41.2 Å². The van der Waals surface area contributed by atoms with E-state index in [0.717, 1.165) is 53.9 Å². The van der Waals surface area contributed by atoms with E-state index in [2.05, 4.69) is 39.6 Å². The summed E-state index contributed by atoms with van der Waals surface area (Å²) in [4.78, 5) is 7.82. The summed E-state index contributed by atoms with van der Waals surface area (Å²) in [7, 11) is 0. The van der Waals surface area contributed by atoms with E-state index in [4.69, 9.17) is 4.74 Å². The van der Waals surface area contributed by atoms with Crippen LogP contribution in [0.3, 0.4) is 0 Å². The summed E-state index contributed by atoms with van der Waals surface area (Å²) in [5.41, 5.74) is 3.01. The quantitative estimate of drug-likeness (QED) is 0.556. The van der Waals surface area contributed by atoms with Gasteiger partial charge in [-0.3, -0.25) is 0 Å². The molecule has 0 bridgehead atoms. The molecule has 5 heteroatoms. The van der Waals surface area contributed by atoms with Gasteiger partial charge in [-0.15, -0.1) is 0 Å². The number of halogens is 1. The molecule has 3 heterocycles. The highest BCUT2D eigenvalue weighted by atomic mass is 19.1. The van der Waals surface area contributed by atoms with Crippen molar-refractivity contribution in [3.63, 3.8) is 0 Å². The van der Waals surface area contributed by atoms with E-state index in [1.54, 1.807) is 6.07 Å². The molecule has 2 aromatic carbocycles. The molecule has 136 valence electrons. The molecule has 1 aliphatic heterocycles. The molecule has 2 N–H and O–H groups in total. The predicted molar refractivity (Wildman–Crippen MR) is 106 cm³/mol. The number of ether oxygens (including phenoxy) is 1. The monoisotopic (exact) mass is 361 g/mol. The summed E-state index contributed by atoms with van der Waals surface area (Å²) >= 11 is 0. The molecule has 4 aromatic rings. The van der Waals surface area contributed by atoms with Gasteiger partial charge in [-0.05, 0) is 41.6 Å². The molecule has 1 aliphatic rings. The zero-order valence-electron chi connectivity index (χ0n) is 14.8. The number of hydrogen-bond donors (Lipinski definition) is 2. The van der Waals surface area contributed by atoms with Crippen molar-refractivity contribution in [1.82, 2.24) is 9.97 Å². The molecule has 1 atom stereocenters. The Balaban J connectivity index is 1.42. The van der Waals surface area contributed by atoms with Crippen molar-refractivity contribution in [2.24, 2.45) is 0 Å². The SMILES string of the molecule is Fc1cccc2[nH]c(Cc3ccc4cnc(NC5CCOC5)cc4c3)cc12. The second-order valence-electron chi connectivity index (χ2n) is 7.13. The number of pyridine rings is 1. The minimum atomic E-state index is -0.189. The van der Waals surface area contributed by atoms with E-state index in [1.807, 2.05) is 18.3 Å². The standard InChI is InChI=1S/C22H20FN3O/c23-20-2-1-3-21-19(20)11-18(25-21)9-14-4-5-15-12-24-22(10-16(15)8-14)26-17-6-7-27-13-17/h1-5,8,10-12,17,25H,6-7,9,13H2,(H,24,26). The maximum absolute atomic E-state index is 13.9. The van der Waals surface area contributed by atoms with Crippen LogP contribution in [0.25, 0.3) is 21.7 Å². The third-order valence-corrected chi connectivity index (χ3v) is 5.13. The van der Waals surface area contributed by atoms with E-state index in [1.165, 1.54) is 11.6 Å². The van der Waals surface area contributed by atoms with Crippen molar-refractivity contribution >= 4 is 27.5 Å². The highest BCUT2D eigenvalue weighted by molar-refractivity contribution is 5.85. The molecule has 0 saturated carbocycles. The maximum Gasteiger partial charge on any atom is 0.132 e. The maximum atomic E-state index is 13.9. The number of H-pyrrole nitrogens is 1. The zero-order chi connectivity index (χ0) is 18.2. The number of aromatic nitrogens is 2. The normalized spacial score (nSPS) is 17.0. The third kappa shape index (κ3) is 3.26. The molecule has 4 nitrogen and oxygen atoms in total. The fourth-order valence-electron chi connectivity index (χ4n) is 3.73. The number of hydrogen-bond acceptors (Lipinski definition) is 3. The van der Waals surface area contributed by atoms with E-state index >= 15 is 0 Å². The molecule has 0 aliphatic carbocycles. The average Bonchev–Trinajstić information content (AvgIpc) is 3.31. The Morgan fingerprint density at radius 1 is 1.15 bits per heavy atom. The van der Waals surface area contributed by atoms with Crippen molar-refractivity contribution in [2.45, 2.75) is 18.9 Å². The van der Waals surface area contributed by atoms with Crippen molar-refractivity contribution in [2.75, 3.05) is 18.5 Å².